The topological polar surface area (TPSA) is 85.1 Å². The highest BCUT2D eigenvalue weighted by atomic mass is 32.2. The van der Waals surface area contributed by atoms with E-state index in [2.05, 4.69) is 27.4 Å². The molecule has 1 aliphatic carbocycles. The van der Waals surface area contributed by atoms with Gasteiger partial charge in [-0.05, 0) is 51.5 Å². The maximum atomic E-state index is 12.4. The number of fused-ring (bicyclic) bond motifs is 5. The van der Waals surface area contributed by atoms with E-state index in [0.29, 0.717) is 10.3 Å². The molecule has 4 aromatic heterocycles. The molecule has 156 valence electrons. The summed E-state index contributed by atoms with van der Waals surface area (Å²) >= 11 is 4.66. The molecule has 10 heteroatoms. The Bertz CT molecular complexity index is 1270. The van der Waals surface area contributed by atoms with Gasteiger partial charge in [-0.3, -0.25) is 9.20 Å². The average Bonchev–Trinajstić information content (AvgIpc) is 3.35. The van der Waals surface area contributed by atoms with E-state index in [1.807, 2.05) is 25.2 Å². The molecule has 0 saturated heterocycles. The summed E-state index contributed by atoms with van der Waals surface area (Å²) in [5.41, 5.74) is 3.20. The van der Waals surface area contributed by atoms with Crippen LogP contribution in [0.15, 0.2) is 5.16 Å². The van der Waals surface area contributed by atoms with Gasteiger partial charge in [0.2, 0.25) is 5.91 Å². The van der Waals surface area contributed by atoms with Crippen molar-refractivity contribution in [1.29, 1.82) is 0 Å². The Morgan fingerprint density at radius 3 is 2.83 bits per heavy atom. The van der Waals surface area contributed by atoms with Crippen molar-refractivity contribution in [2.75, 3.05) is 11.1 Å². The number of nitrogens with one attached hydrogen (secondary N) is 1. The van der Waals surface area contributed by atoms with Crippen LogP contribution in [0.1, 0.15) is 40.2 Å². The Balaban J connectivity index is 1.43. The lowest BCUT2D eigenvalue weighted by Gasteiger charge is -2.17. The number of aryl methyl sites for hydroxylation is 4. The maximum absolute atomic E-state index is 12.4. The van der Waals surface area contributed by atoms with Crippen molar-refractivity contribution in [2.45, 2.75) is 52.1 Å². The predicted molar refractivity (Wildman–Crippen MR) is 123 cm³/mol. The summed E-state index contributed by atoms with van der Waals surface area (Å²) in [6.07, 6.45) is 3.39. The van der Waals surface area contributed by atoms with Crippen LogP contribution in [-0.2, 0) is 17.6 Å². The van der Waals surface area contributed by atoms with Gasteiger partial charge in [0, 0.05) is 9.75 Å². The molecule has 0 aromatic carbocycles. The van der Waals surface area contributed by atoms with Crippen LogP contribution in [0.25, 0.3) is 15.9 Å². The normalized spacial score (nSPS) is 16.3. The van der Waals surface area contributed by atoms with Crippen LogP contribution in [0.5, 0.6) is 0 Å². The molecular weight excluding hydrogens is 436 g/mol. The number of aromatic nitrogens is 5. The number of rotatable bonds is 4. The quantitative estimate of drug-likeness (QED) is 0.451. The fourth-order valence-corrected chi connectivity index (χ4v) is 6.90. The van der Waals surface area contributed by atoms with Crippen molar-refractivity contribution >= 4 is 61.3 Å². The van der Waals surface area contributed by atoms with Gasteiger partial charge < -0.3 is 5.32 Å². The molecule has 0 saturated carbocycles. The van der Waals surface area contributed by atoms with Gasteiger partial charge in [-0.15, -0.1) is 32.9 Å². The fourth-order valence-electron chi connectivity index (χ4n) is 3.87. The molecule has 0 aliphatic heterocycles. The monoisotopic (exact) mass is 458 g/mol. The van der Waals surface area contributed by atoms with Gasteiger partial charge in [0.15, 0.2) is 15.9 Å². The van der Waals surface area contributed by atoms with E-state index >= 15 is 0 Å². The fraction of sp³-hybridized carbons (Fsp3) is 0.450. The first-order valence-electron chi connectivity index (χ1n) is 9.93. The van der Waals surface area contributed by atoms with Crippen LogP contribution < -0.4 is 5.32 Å². The first kappa shape index (κ1) is 19.9. The lowest BCUT2D eigenvalue weighted by Crippen LogP contribution is -2.14. The predicted octanol–water partition coefficient (Wildman–Crippen LogP) is 4.58. The number of carbonyl (C=O) groups excluding carboxylic acids is 1. The summed E-state index contributed by atoms with van der Waals surface area (Å²) in [6.45, 7) is 8.23. The van der Waals surface area contributed by atoms with Gasteiger partial charge in [-0.1, -0.05) is 18.7 Å². The second-order valence-electron chi connectivity index (χ2n) is 7.83. The minimum Gasteiger partial charge on any atom is -0.301 e. The first-order valence-corrected chi connectivity index (χ1v) is 12.5. The zero-order chi connectivity index (χ0) is 21.0. The van der Waals surface area contributed by atoms with Crippen LogP contribution in [0, 0.1) is 26.7 Å². The third-order valence-corrected chi connectivity index (χ3v) is 8.61. The van der Waals surface area contributed by atoms with E-state index in [9.17, 15) is 4.79 Å². The van der Waals surface area contributed by atoms with Crippen molar-refractivity contribution < 1.29 is 4.79 Å². The van der Waals surface area contributed by atoms with Crippen molar-refractivity contribution in [3.63, 3.8) is 0 Å². The highest BCUT2D eigenvalue weighted by Crippen LogP contribution is 2.39. The summed E-state index contributed by atoms with van der Waals surface area (Å²) in [5, 5.41) is 14.3. The van der Waals surface area contributed by atoms with Crippen molar-refractivity contribution in [2.24, 2.45) is 5.92 Å². The molecule has 7 nitrogen and oxygen atoms in total. The zero-order valence-corrected chi connectivity index (χ0v) is 19.7. The highest BCUT2D eigenvalue weighted by Gasteiger charge is 2.25. The SMILES string of the molecule is Cc1nc(NC(=O)CSc2nnc3c4c5c(sc4nc(C)n23)CC(C)CC5)sc1C. The molecule has 1 aliphatic rings. The second-order valence-corrected chi connectivity index (χ2v) is 11.1. The van der Waals surface area contributed by atoms with Crippen molar-refractivity contribution in [3.05, 3.63) is 26.8 Å². The molecular formula is C20H22N6OS3. The summed E-state index contributed by atoms with van der Waals surface area (Å²) in [6, 6.07) is 0. The van der Waals surface area contributed by atoms with Gasteiger partial charge in [-0.2, -0.15) is 0 Å². The average molecular weight is 459 g/mol. The Labute approximate surface area is 186 Å². The number of nitrogens with zero attached hydrogens (tertiary/aromatic N) is 5. The smallest absolute Gasteiger partial charge is 0.236 e. The Morgan fingerprint density at radius 1 is 1.23 bits per heavy atom. The van der Waals surface area contributed by atoms with Crippen molar-refractivity contribution in [3.8, 4) is 0 Å². The molecule has 30 heavy (non-hydrogen) atoms. The highest BCUT2D eigenvalue weighted by molar-refractivity contribution is 7.99. The Morgan fingerprint density at radius 2 is 2.07 bits per heavy atom. The molecule has 1 atom stereocenters. The van der Waals surface area contributed by atoms with E-state index < -0.39 is 0 Å². The van der Waals surface area contributed by atoms with Gasteiger partial charge in [0.25, 0.3) is 0 Å². The number of amides is 1. The number of thioether (sulfide) groups is 1. The summed E-state index contributed by atoms with van der Waals surface area (Å²) in [4.78, 5) is 25.2. The van der Waals surface area contributed by atoms with Crippen molar-refractivity contribution in [1.82, 2.24) is 24.6 Å². The van der Waals surface area contributed by atoms with E-state index in [0.717, 1.165) is 51.0 Å². The van der Waals surface area contributed by atoms with Gasteiger partial charge in [-0.25, -0.2) is 9.97 Å². The van der Waals surface area contributed by atoms with E-state index in [-0.39, 0.29) is 11.7 Å². The third kappa shape index (κ3) is 3.40. The maximum Gasteiger partial charge on any atom is 0.236 e. The van der Waals surface area contributed by atoms with Gasteiger partial charge in [0.1, 0.15) is 10.7 Å². The van der Waals surface area contributed by atoms with Crippen LogP contribution >= 0.6 is 34.4 Å². The molecule has 4 heterocycles. The number of anilines is 1. The summed E-state index contributed by atoms with van der Waals surface area (Å²) in [5.74, 6) is 1.72. The first-order chi connectivity index (χ1) is 14.4. The molecule has 0 bridgehead atoms. The Kier molecular flexibility index (Phi) is 5.03. The lowest BCUT2D eigenvalue weighted by molar-refractivity contribution is -0.113. The summed E-state index contributed by atoms with van der Waals surface area (Å²) < 4.78 is 1.99. The molecule has 1 unspecified atom stereocenters. The van der Waals surface area contributed by atoms with E-state index in [1.165, 1.54) is 40.0 Å². The molecule has 4 aromatic rings. The number of carbonyl (C=O) groups is 1. The standard InChI is InChI=1S/C20H22N6OS3/c1-9-5-6-13-14(7-9)30-18-16(13)17-24-25-20(26(17)12(4)22-18)28-8-15(27)23-19-21-10(2)11(3)29-19/h9H,5-8H2,1-4H3,(H,21,23,27). The van der Waals surface area contributed by atoms with Crippen LogP contribution in [0.3, 0.4) is 0 Å². The zero-order valence-electron chi connectivity index (χ0n) is 17.3. The lowest BCUT2D eigenvalue weighted by atomic mass is 9.89. The van der Waals surface area contributed by atoms with Gasteiger partial charge in [0.05, 0.1) is 16.8 Å². The number of hydrogen-bond acceptors (Lipinski definition) is 8. The molecule has 5 rings (SSSR count). The molecule has 0 spiro atoms. The number of thiazole rings is 1. The molecule has 1 amide bonds. The molecule has 0 radical (unpaired) electrons. The minimum absolute atomic E-state index is 0.0981. The molecule has 0 fully saturated rings. The number of hydrogen-bond donors (Lipinski definition) is 1. The second kappa shape index (κ2) is 7.58. The summed E-state index contributed by atoms with van der Waals surface area (Å²) in [7, 11) is 0. The Hall–Kier alpha value is -2.04. The van der Waals surface area contributed by atoms with Gasteiger partial charge >= 0.3 is 0 Å². The van der Waals surface area contributed by atoms with E-state index in [1.54, 1.807) is 11.3 Å². The number of thiophene rings is 1. The van der Waals surface area contributed by atoms with Crippen LogP contribution in [0.2, 0.25) is 0 Å². The van der Waals surface area contributed by atoms with Crippen LogP contribution in [0.4, 0.5) is 5.13 Å². The largest absolute Gasteiger partial charge is 0.301 e. The third-order valence-electron chi connectivity index (χ3n) is 5.54. The minimum atomic E-state index is -0.0981. The van der Waals surface area contributed by atoms with E-state index in [4.69, 9.17) is 4.98 Å². The molecule has 1 N–H and O–H groups in total. The van der Waals surface area contributed by atoms with Crippen LogP contribution in [-0.4, -0.2) is 36.2 Å².